The molecule has 0 aromatic carbocycles. The summed E-state index contributed by atoms with van der Waals surface area (Å²) >= 11 is 0. The molecule has 196 valence electrons. The van der Waals surface area contributed by atoms with E-state index in [0.29, 0.717) is 42.4 Å². The maximum Gasteiger partial charge on any atom is 0.303 e. The van der Waals surface area contributed by atoms with Gasteiger partial charge < -0.3 is 20.1 Å². The molecule has 0 heterocycles. The second-order valence-corrected chi connectivity index (χ2v) is 13.4. The van der Waals surface area contributed by atoms with Crippen LogP contribution >= 0.6 is 0 Å². The van der Waals surface area contributed by atoms with E-state index in [-0.39, 0.29) is 29.8 Å². The molecule has 4 aliphatic rings. The summed E-state index contributed by atoms with van der Waals surface area (Å²) in [6.07, 6.45) is 9.38. The summed E-state index contributed by atoms with van der Waals surface area (Å²) in [4.78, 5) is 12.1. The summed E-state index contributed by atoms with van der Waals surface area (Å²) in [7, 11) is 0. The molecule has 4 saturated carbocycles. The highest BCUT2D eigenvalue weighted by Gasteiger charge is 2.69. The van der Waals surface area contributed by atoms with Gasteiger partial charge >= 0.3 is 5.97 Å². The lowest BCUT2D eigenvalue weighted by molar-refractivity contribution is -0.271. The van der Waals surface area contributed by atoms with Crippen molar-refractivity contribution in [2.45, 2.75) is 123 Å². The molecular weight excluding hydrogens is 428 g/mol. The van der Waals surface area contributed by atoms with Crippen molar-refractivity contribution < 1.29 is 24.9 Å². The Hall–Kier alpha value is -0.650. The topological polar surface area (TPSA) is 87.0 Å². The molecule has 0 radical (unpaired) electrons. The zero-order valence-electron chi connectivity index (χ0n) is 22.3. The molecule has 5 nitrogen and oxygen atoms in total. The zero-order chi connectivity index (χ0) is 24.9. The fourth-order valence-corrected chi connectivity index (χ4v) is 9.64. The van der Waals surface area contributed by atoms with E-state index in [0.717, 1.165) is 31.6 Å². The van der Waals surface area contributed by atoms with Crippen LogP contribution in [0.15, 0.2) is 0 Å². The van der Waals surface area contributed by atoms with Gasteiger partial charge in [-0.2, -0.15) is 0 Å². The van der Waals surface area contributed by atoms with Crippen molar-refractivity contribution in [3.8, 4) is 0 Å². The third-order valence-corrected chi connectivity index (χ3v) is 11.3. The van der Waals surface area contributed by atoms with Gasteiger partial charge in [-0.25, -0.2) is 0 Å². The van der Waals surface area contributed by atoms with Crippen molar-refractivity contribution in [1.29, 1.82) is 0 Å². The Morgan fingerprint density at radius 2 is 1.79 bits per heavy atom. The molecule has 34 heavy (non-hydrogen) atoms. The molecule has 0 unspecified atom stereocenters. The number of carbonyl (C=O) groups excluding carboxylic acids is 1. The summed E-state index contributed by atoms with van der Waals surface area (Å²) in [5.74, 6) is 2.64. The number of rotatable bonds is 7. The Balaban J connectivity index is 1.62. The normalized spacial score (nSPS) is 47.0. The quantitative estimate of drug-likeness (QED) is 0.443. The second kappa shape index (κ2) is 9.67. The molecular formula is C29H50O5. The van der Waals surface area contributed by atoms with E-state index in [9.17, 15) is 20.1 Å². The fourth-order valence-electron chi connectivity index (χ4n) is 9.64. The average Bonchev–Trinajstić information content (AvgIpc) is 3.15. The van der Waals surface area contributed by atoms with E-state index < -0.39 is 17.8 Å². The third kappa shape index (κ3) is 4.16. The SMILES string of the molecule is CC(=O)O[C@@H]1C[C@H]2[C@@H]3CC[C@H]([C@H](C)CCCC(C)C)[C@@]3(CO)CC[C@@H]2[C@@]2(C)CC[C@H](O)C[C@]12O. The molecule has 0 bridgehead atoms. The van der Waals surface area contributed by atoms with Gasteiger partial charge in [-0.15, -0.1) is 0 Å². The van der Waals surface area contributed by atoms with Gasteiger partial charge in [0.05, 0.1) is 6.10 Å². The summed E-state index contributed by atoms with van der Waals surface area (Å²) in [6.45, 7) is 10.9. The maximum atomic E-state index is 12.1. The first-order valence-electron chi connectivity index (χ1n) is 14.2. The molecule has 5 heteroatoms. The molecule has 0 saturated heterocycles. The minimum atomic E-state index is -1.18. The maximum absolute atomic E-state index is 12.1. The van der Waals surface area contributed by atoms with Crippen molar-refractivity contribution in [3.05, 3.63) is 0 Å². The standard InChI is InChI=1S/C29H50O5/c1-18(2)7-6-8-19(3)23-9-10-25-22-15-26(34-20(4)31)29(33)16-21(32)11-13-27(29,5)24(22)12-14-28(23,25)17-30/h18-19,21-26,30,32-33H,6-17H2,1-5H3/t19-,21+,22-,23-,24+,25+,26-,27-,28+,29+/m1/s1. The van der Waals surface area contributed by atoms with E-state index in [2.05, 4.69) is 27.7 Å². The molecule has 3 N–H and O–H groups in total. The predicted octanol–water partition coefficient (Wildman–Crippen LogP) is 5.10. The van der Waals surface area contributed by atoms with Crippen LogP contribution in [0.3, 0.4) is 0 Å². The zero-order valence-corrected chi connectivity index (χ0v) is 22.3. The Bertz CT molecular complexity index is 738. The van der Waals surface area contributed by atoms with Crippen LogP contribution < -0.4 is 0 Å². The second-order valence-electron chi connectivity index (χ2n) is 13.4. The van der Waals surface area contributed by atoms with E-state index in [1.165, 1.54) is 32.6 Å². The molecule has 0 aromatic rings. The predicted molar refractivity (Wildman–Crippen MR) is 133 cm³/mol. The highest BCUT2D eigenvalue weighted by Crippen LogP contribution is 2.69. The molecule has 4 fully saturated rings. The van der Waals surface area contributed by atoms with Crippen molar-refractivity contribution in [1.82, 2.24) is 0 Å². The molecule has 0 spiro atoms. The molecule has 0 amide bonds. The largest absolute Gasteiger partial charge is 0.459 e. The molecule has 0 aliphatic heterocycles. The van der Waals surface area contributed by atoms with Crippen LogP contribution in [0.4, 0.5) is 0 Å². The van der Waals surface area contributed by atoms with Gasteiger partial charge in [0, 0.05) is 25.4 Å². The Morgan fingerprint density at radius 3 is 2.44 bits per heavy atom. The van der Waals surface area contributed by atoms with Crippen LogP contribution in [0.2, 0.25) is 0 Å². The summed E-state index contributed by atoms with van der Waals surface area (Å²) in [5.41, 5.74) is -1.60. The van der Waals surface area contributed by atoms with E-state index in [1.54, 1.807) is 0 Å². The molecule has 4 rings (SSSR count). The van der Waals surface area contributed by atoms with Crippen LogP contribution in [0.25, 0.3) is 0 Å². The first-order chi connectivity index (χ1) is 16.0. The molecule has 4 aliphatic carbocycles. The number of aliphatic hydroxyl groups is 3. The van der Waals surface area contributed by atoms with Crippen molar-refractivity contribution in [2.75, 3.05) is 6.61 Å². The van der Waals surface area contributed by atoms with Gasteiger partial charge in [0.2, 0.25) is 0 Å². The van der Waals surface area contributed by atoms with Crippen LogP contribution in [0, 0.1) is 46.3 Å². The Kier molecular flexibility index (Phi) is 7.51. The number of esters is 1. The molecule has 10 atom stereocenters. The van der Waals surface area contributed by atoms with Gasteiger partial charge in [-0.1, -0.05) is 47.0 Å². The van der Waals surface area contributed by atoms with Gasteiger partial charge in [0.15, 0.2) is 0 Å². The minimum Gasteiger partial charge on any atom is -0.459 e. The Morgan fingerprint density at radius 1 is 1.06 bits per heavy atom. The third-order valence-electron chi connectivity index (χ3n) is 11.3. The fraction of sp³-hybridized carbons (Fsp3) is 0.966. The van der Waals surface area contributed by atoms with Gasteiger partial charge in [0.25, 0.3) is 0 Å². The number of aliphatic hydroxyl groups excluding tert-OH is 2. The highest BCUT2D eigenvalue weighted by molar-refractivity contribution is 5.66. The number of hydrogen-bond donors (Lipinski definition) is 3. The van der Waals surface area contributed by atoms with Gasteiger partial charge in [0.1, 0.15) is 11.7 Å². The number of ether oxygens (including phenoxy) is 1. The lowest BCUT2D eigenvalue weighted by Crippen LogP contribution is -2.69. The van der Waals surface area contributed by atoms with Crippen molar-refractivity contribution in [2.24, 2.45) is 46.3 Å². The van der Waals surface area contributed by atoms with Crippen LogP contribution in [0.5, 0.6) is 0 Å². The number of carbonyl (C=O) groups is 1. The molecule has 0 aromatic heterocycles. The average molecular weight is 479 g/mol. The summed E-state index contributed by atoms with van der Waals surface area (Å²) in [6, 6.07) is 0. The van der Waals surface area contributed by atoms with Crippen molar-refractivity contribution in [3.63, 3.8) is 0 Å². The van der Waals surface area contributed by atoms with Crippen LogP contribution in [0.1, 0.15) is 105 Å². The van der Waals surface area contributed by atoms with E-state index >= 15 is 0 Å². The van der Waals surface area contributed by atoms with Crippen LogP contribution in [-0.2, 0) is 9.53 Å². The first-order valence-corrected chi connectivity index (χ1v) is 14.2. The highest BCUT2D eigenvalue weighted by atomic mass is 16.6. The first kappa shape index (κ1) is 26.4. The lowest BCUT2D eigenvalue weighted by atomic mass is 9.42. The van der Waals surface area contributed by atoms with Crippen LogP contribution in [-0.4, -0.2) is 45.7 Å². The van der Waals surface area contributed by atoms with E-state index in [1.807, 2.05) is 0 Å². The summed E-state index contributed by atoms with van der Waals surface area (Å²) < 4.78 is 5.83. The van der Waals surface area contributed by atoms with Gasteiger partial charge in [-0.3, -0.25) is 4.79 Å². The smallest absolute Gasteiger partial charge is 0.303 e. The Labute approximate surface area is 207 Å². The number of fused-ring (bicyclic) bond motifs is 5. The monoisotopic (exact) mass is 478 g/mol. The summed E-state index contributed by atoms with van der Waals surface area (Å²) in [5, 5.41) is 33.4. The lowest BCUT2D eigenvalue weighted by Gasteiger charge is -2.65. The van der Waals surface area contributed by atoms with E-state index in [4.69, 9.17) is 4.74 Å². The minimum absolute atomic E-state index is 0.0425. The van der Waals surface area contributed by atoms with Gasteiger partial charge in [-0.05, 0) is 85.9 Å². The number of hydrogen-bond acceptors (Lipinski definition) is 5. The van der Waals surface area contributed by atoms with Crippen molar-refractivity contribution >= 4 is 5.97 Å².